The van der Waals surface area contributed by atoms with Gasteiger partial charge in [0.2, 0.25) is 5.91 Å². The van der Waals surface area contributed by atoms with Gasteiger partial charge in [0.25, 0.3) is 0 Å². The zero-order chi connectivity index (χ0) is 15.4. The van der Waals surface area contributed by atoms with Crippen molar-refractivity contribution < 1.29 is 14.3 Å². The molecule has 0 bridgehead atoms. The van der Waals surface area contributed by atoms with E-state index in [1.807, 2.05) is 0 Å². The Morgan fingerprint density at radius 3 is 2.71 bits per heavy atom. The molecule has 0 unspecified atom stereocenters. The lowest BCUT2D eigenvalue weighted by atomic mass is 10.1. The van der Waals surface area contributed by atoms with E-state index in [0.717, 1.165) is 31.2 Å². The van der Waals surface area contributed by atoms with E-state index in [0.29, 0.717) is 17.2 Å². The number of halogens is 1. The van der Waals surface area contributed by atoms with Crippen LogP contribution in [0.25, 0.3) is 0 Å². The Balaban J connectivity index is 2.38. The molecule has 21 heavy (non-hydrogen) atoms. The zero-order valence-electron chi connectivity index (χ0n) is 12.3. The van der Waals surface area contributed by atoms with E-state index in [2.05, 4.69) is 5.32 Å². The van der Waals surface area contributed by atoms with Crippen LogP contribution in [-0.2, 0) is 22.4 Å². The Hall–Kier alpha value is -1.07. The largest absolute Gasteiger partial charge is 0.462 e. The molecule has 1 aliphatic rings. The molecule has 4 nitrogen and oxygen atoms in total. The van der Waals surface area contributed by atoms with Crippen molar-refractivity contribution >= 4 is 39.8 Å². The number of alkyl halides is 1. The van der Waals surface area contributed by atoms with E-state index in [1.165, 1.54) is 22.6 Å². The summed E-state index contributed by atoms with van der Waals surface area (Å²) in [6, 6.07) is 0. The van der Waals surface area contributed by atoms with Crippen molar-refractivity contribution in [3.05, 3.63) is 16.0 Å². The number of ether oxygens (including phenoxy) is 1. The van der Waals surface area contributed by atoms with E-state index in [9.17, 15) is 9.59 Å². The number of rotatable bonds is 4. The number of hydrogen-bond donors (Lipinski definition) is 1. The van der Waals surface area contributed by atoms with E-state index in [-0.39, 0.29) is 11.9 Å². The molecule has 0 saturated carbocycles. The minimum Gasteiger partial charge on any atom is -0.462 e. The second-order valence-electron chi connectivity index (χ2n) is 5.09. The molecule has 116 valence electrons. The Kier molecular flexibility index (Phi) is 5.65. The zero-order valence-corrected chi connectivity index (χ0v) is 13.9. The van der Waals surface area contributed by atoms with Gasteiger partial charge in [-0.15, -0.1) is 22.9 Å². The molecular weight excluding hydrogens is 310 g/mol. The Morgan fingerprint density at radius 1 is 1.33 bits per heavy atom. The highest BCUT2D eigenvalue weighted by Gasteiger charge is 2.27. The fourth-order valence-electron chi connectivity index (χ4n) is 2.46. The van der Waals surface area contributed by atoms with Gasteiger partial charge in [0, 0.05) is 4.88 Å². The summed E-state index contributed by atoms with van der Waals surface area (Å²) >= 11 is 7.28. The van der Waals surface area contributed by atoms with Gasteiger partial charge >= 0.3 is 5.97 Å². The van der Waals surface area contributed by atoms with Crippen molar-refractivity contribution in [2.45, 2.75) is 51.3 Å². The summed E-state index contributed by atoms with van der Waals surface area (Å²) in [4.78, 5) is 25.3. The summed E-state index contributed by atoms with van der Waals surface area (Å²) in [5, 5.41) is 2.72. The van der Waals surface area contributed by atoms with Crippen LogP contribution in [-0.4, -0.2) is 23.9 Å². The van der Waals surface area contributed by atoms with Crippen LogP contribution in [0.15, 0.2) is 0 Å². The van der Waals surface area contributed by atoms with Crippen molar-refractivity contribution in [2.75, 3.05) is 11.9 Å². The third-order valence-electron chi connectivity index (χ3n) is 3.50. The number of thiophene rings is 1. The minimum absolute atomic E-state index is 0.293. The topological polar surface area (TPSA) is 55.4 Å². The number of nitrogens with one attached hydrogen (secondary N) is 1. The maximum absolute atomic E-state index is 12.3. The standard InChI is InChI=1S/C15H20ClNO3S/c1-3-20-15(19)12-10-7-5-4-6-8-11(10)21-14(12)17-13(18)9(2)16/h9H,3-8H2,1-2H3,(H,17,18)/t9-/m1/s1. The summed E-state index contributed by atoms with van der Waals surface area (Å²) in [7, 11) is 0. The van der Waals surface area contributed by atoms with Crippen LogP contribution in [0.2, 0.25) is 0 Å². The van der Waals surface area contributed by atoms with Gasteiger partial charge in [-0.1, -0.05) is 6.42 Å². The summed E-state index contributed by atoms with van der Waals surface area (Å²) in [5.74, 6) is -0.645. The molecule has 1 amide bonds. The molecule has 1 aliphatic carbocycles. The molecule has 1 aromatic heterocycles. The molecule has 0 fully saturated rings. The number of hydrogen-bond acceptors (Lipinski definition) is 4. The molecule has 0 aliphatic heterocycles. The van der Waals surface area contributed by atoms with Gasteiger partial charge < -0.3 is 10.1 Å². The van der Waals surface area contributed by atoms with Gasteiger partial charge in [-0.05, 0) is 45.1 Å². The first-order valence-electron chi connectivity index (χ1n) is 7.31. The first kappa shape index (κ1) is 16.3. The van der Waals surface area contributed by atoms with Crippen LogP contribution >= 0.6 is 22.9 Å². The molecular formula is C15H20ClNO3S. The van der Waals surface area contributed by atoms with Crippen LogP contribution in [0, 0.1) is 0 Å². The van der Waals surface area contributed by atoms with E-state index >= 15 is 0 Å². The van der Waals surface area contributed by atoms with E-state index in [4.69, 9.17) is 16.3 Å². The van der Waals surface area contributed by atoms with Crippen molar-refractivity contribution in [3.8, 4) is 0 Å². The highest BCUT2D eigenvalue weighted by Crippen LogP contribution is 2.38. The minimum atomic E-state index is -0.637. The number of fused-ring (bicyclic) bond motifs is 1. The molecule has 1 heterocycles. The second-order valence-corrected chi connectivity index (χ2v) is 6.85. The van der Waals surface area contributed by atoms with Crippen LogP contribution in [0.1, 0.15) is 53.9 Å². The summed E-state index contributed by atoms with van der Waals surface area (Å²) in [5.41, 5.74) is 1.58. The molecule has 2 rings (SSSR count). The second kappa shape index (κ2) is 7.27. The van der Waals surface area contributed by atoms with Crippen molar-refractivity contribution in [2.24, 2.45) is 0 Å². The van der Waals surface area contributed by atoms with E-state index < -0.39 is 5.38 Å². The smallest absolute Gasteiger partial charge is 0.341 e. The van der Waals surface area contributed by atoms with Crippen LogP contribution < -0.4 is 5.32 Å². The molecule has 1 atom stereocenters. The van der Waals surface area contributed by atoms with Crippen LogP contribution in [0.3, 0.4) is 0 Å². The van der Waals surface area contributed by atoms with Crippen LogP contribution in [0.5, 0.6) is 0 Å². The number of carbonyl (C=O) groups excluding carboxylic acids is 2. The van der Waals surface area contributed by atoms with Crippen molar-refractivity contribution in [3.63, 3.8) is 0 Å². The Labute approximate surface area is 133 Å². The third kappa shape index (κ3) is 3.77. The monoisotopic (exact) mass is 329 g/mol. The van der Waals surface area contributed by atoms with Gasteiger partial charge in [-0.2, -0.15) is 0 Å². The average molecular weight is 330 g/mol. The lowest BCUT2D eigenvalue weighted by molar-refractivity contribution is -0.115. The number of aryl methyl sites for hydroxylation is 1. The highest BCUT2D eigenvalue weighted by molar-refractivity contribution is 7.17. The Morgan fingerprint density at radius 2 is 2.05 bits per heavy atom. The predicted molar refractivity (Wildman–Crippen MR) is 85.5 cm³/mol. The molecule has 1 aromatic rings. The van der Waals surface area contributed by atoms with Crippen molar-refractivity contribution in [1.82, 2.24) is 0 Å². The summed E-state index contributed by atoms with van der Waals surface area (Å²) in [6.07, 6.45) is 5.18. The Bertz CT molecular complexity index is 539. The van der Waals surface area contributed by atoms with Crippen molar-refractivity contribution in [1.29, 1.82) is 0 Å². The number of carbonyl (C=O) groups is 2. The molecule has 6 heteroatoms. The van der Waals surface area contributed by atoms with Crippen LogP contribution in [0.4, 0.5) is 5.00 Å². The average Bonchev–Trinajstić information content (AvgIpc) is 2.61. The first-order valence-corrected chi connectivity index (χ1v) is 8.56. The lowest BCUT2D eigenvalue weighted by Gasteiger charge is -2.09. The molecule has 0 aromatic carbocycles. The fraction of sp³-hybridized carbons (Fsp3) is 0.600. The lowest BCUT2D eigenvalue weighted by Crippen LogP contribution is -2.21. The normalized spacial score (nSPS) is 15.8. The summed E-state index contributed by atoms with van der Waals surface area (Å²) < 4.78 is 5.16. The number of amides is 1. The SMILES string of the molecule is CCOC(=O)c1c(NC(=O)[C@@H](C)Cl)sc2c1CCCCC2. The molecule has 0 spiro atoms. The first-order chi connectivity index (χ1) is 10.0. The van der Waals surface area contributed by atoms with Gasteiger partial charge in [0.1, 0.15) is 10.4 Å². The van der Waals surface area contributed by atoms with Gasteiger partial charge in [-0.3, -0.25) is 4.79 Å². The number of anilines is 1. The van der Waals surface area contributed by atoms with Gasteiger partial charge in [0.05, 0.1) is 12.2 Å². The van der Waals surface area contributed by atoms with Gasteiger partial charge in [-0.25, -0.2) is 4.79 Å². The fourth-order valence-corrected chi connectivity index (χ4v) is 3.80. The maximum atomic E-state index is 12.3. The third-order valence-corrected chi connectivity index (χ3v) is 4.90. The molecule has 0 saturated heterocycles. The predicted octanol–water partition coefficient (Wildman–Crippen LogP) is 3.76. The maximum Gasteiger partial charge on any atom is 0.341 e. The number of esters is 1. The molecule has 1 N–H and O–H groups in total. The van der Waals surface area contributed by atoms with Gasteiger partial charge in [0.15, 0.2) is 0 Å². The quantitative estimate of drug-likeness (QED) is 0.520. The highest BCUT2D eigenvalue weighted by atomic mass is 35.5. The molecule has 0 radical (unpaired) electrons. The van der Waals surface area contributed by atoms with E-state index in [1.54, 1.807) is 13.8 Å². The summed E-state index contributed by atoms with van der Waals surface area (Å²) in [6.45, 7) is 3.71.